The quantitative estimate of drug-likeness (QED) is 0.689. The maximum Gasteiger partial charge on any atom is 0.240 e. The van der Waals surface area contributed by atoms with Crippen LogP contribution in [0.3, 0.4) is 0 Å². The molecule has 1 amide bonds. The Hall–Kier alpha value is -2.18. The molecule has 1 aliphatic rings. The summed E-state index contributed by atoms with van der Waals surface area (Å²) in [5, 5.41) is 3.07. The first-order valence-electron chi connectivity index (χ1n) is 10.1. The van der Waals surface area contributed by atoms with Gasteiger partial charge in [-0.05, 0) is 86.9 Å². The molecule has 0 bridgehead atoms. The molecule has 29 heavy (non-hydrogen) atoms. The number of carbonyl (C=O) groups excluding carboxylic acids is 1. The van der Waals surface area contributed by atoms with E-state index in [1.165, 1.54) is 16.7 Å². The van der Waals surface area contributed by atoms with Crippen molar-refractivity contribution in [3.05, 3.63) is 64.2 Å². The van der Waals surface area contributed by atoms with Crippen molar-refractivity contribution in [1.82, 2.24) is 10.0 Å². The van der Waals surface area contributed by atoms with Crippen LogP contribution in [0.25, 0.3) is 0 Å². The Morgan fingerprint density at radius 1 is 1.03 bits per heavy atom. The first-order valence-corrected chi connectivity index (χ1v) is 11.6. The van der Waals surface area contributed by atoms with Gasteiger partial charge in [0.25, 0.3) is 0 Å². The fourth-order valence-electron chi connectivity index (χ4n) is 3.42. The molecule has 0 radical (unpaired) electrons. The molecule has 1 unspecified atom stereocenters. The predicted octanol–water partition coefficient (Wildman–Crippen LogP) is 3.86. The van der Waals surface area contributed by atoms with Crippen LogP contribution in [-0.2, 0) is 21.2 Å². The Morgan fingerprint density at radius 2 is 1.66 bits per heavy atom. The molecular formula is C23H30N2O3S. The molecule has 156 valence electrons. The van der Waals surface area contributed by atoms with Gasteiger partial charge >= 0.3 is 0 Å². The molecule has 0 aliphatic heterocycles. The normalized spacial score (nSPS) is 15.2. The zero-order valence-corrected chi connectivity index (χ0v) is 18.4. The lowest BCUT2D eigenvalue weighted by molar-refractivity contribution is -0.121. The number of amides is 1. The van der Waals surface area contributed by atoms with E-state index in [-0.39, 0.29) is 22.9 Å². The summed E-state index contributed by atoms with van der Waals surface area (Å²) in [6, 6.07) is 11.1. The van der Waals surface area contributed by atoms with Gasteiger partial charge in [0, 0.05) is 12.5 Å². The van der Waals surface area contributed by atoms with E-state index in [9.17, 15) is 13.2 Å². The van der Waals surface area contributed by atoms with Crippen LogP contribution >= 0.6 is 0 Å². The first kappa shape index (κ1) is 21.5. The summed E-state index contributed by atoms with van der Waals surface area (Å²) in [5.41, 5.74) is 5.73. The molecule has 0 spiro atoms. The number of sulfonamides is 1. The maximum absolute atomic E-state index is 12.4. The molecule has 0 heterocycles. The largest absolute Gasteiger partial charge is 0.350 e. The second kappa shape index (κ2) is 8.67. The minimum absolute atomic E-state index is 0.0118. The van der Waals surface area contributed by atoms with E-state index < -0.39 is 10.0 Å². The van der Waals surface area contributed by atoms with Crippen LogP contribution in [0.4, 0.5) is 0 Å². The van der Waals surface area contributed by atoms with Crippen LogP contribution in [0.2, 0.25) is 0 Å². The third-order valence-corrected chi connectivity index (χ3v) is 7.04. The lowest BCUT2D eigenvalue weighted by Crippen LogP contribution is -2.27. The van der Waals surface area contributed by atoms with Gasteiger partial charge in [0.15, 0.2) is 0 Å². The molecule has 6 heteroatoms. The zero-order valence-electron chi connectivity index (χ0n) is 17.6. The molecule has 1 saturated carbocycles. The van der Waals surface area contributed by atoms with Gasteiger partial charge in [0.1, 0.15) is 0 Å². The Labute approximate surface area is 174 Å². The average molecular weight is 415 g/mol. The summed E-state index contributed by atoms with van der Waals surface area (Å²) < 4.78 is 27.1. The number of carbonyl (C=O) groups is 1. The van der Waals surface area contributed by atoms with Crippen LogP contribution in [0.1, 0.15) is 60.0 Å². The summed E-state index contributed by atoms with van der Waals surface area (Å²) >= 11 is 0. The zero-order chi connectivity index (χ0) is 21.2. The smallest absolute Gasteiger partial charge is 0.240 e. The molecule has 2 N–H and O–H groups in total. The van der Waals surface area contributed by atoms with E-state index >= 15 is 0 Å². The highest BCUT2D eigenvalue weighted by molar-refractivity contribution is 7.89. The number of hydrogen-bond acceptors (Lipinski definition) is 3. The molecule has 2 aromatic rings. The number of benzene rings is 2. The van der Waals surface area contributed by atoms with Gasteiger partial charge in [-0.3, -0.25) is 4.79 Å². The van der Waals surface area contributed by atoms with Gasteiger partial charge in [-0.2, -0.15) is 0 Å². The minimum atomic E-state index is -3.43. The van der Waals surface area contributed by atoms with Crippen molar-refractivity contribution in [2.24, 2.45) is 0 Å². The van der Waals surface area contributed by atoms with Crippen LogP contribution in [0, 0.1) is 20.8 Å². The standard InChI is InChI=1S/C23H30N2O3S/c1-15-13-17(3)22(14-16(15)2)18(4)24-23(26)12-7-19-5-10-21(11-6-19)29(27,28)25-20-8-9-20/h5-6,10-11,13-14,18,20,25H,7-9,12H2,1-4H3,(H,24,26). The first-order chi connectivity index (χ1) is 13.7. The Balaban J connectivity index is 1.54. The van der Waals surface area contributed by atoms with Gasteiger partial charge in [-0.25, -0.2) is 13.1 Å². The van der Waals surface area contributed by atoms with Crippen molar-refractivity contribution < 1.29 is 13.2 Å². The third kappa shape index (κ3) is 5.67. The van der Waals surface area contributed by atoms with Gasteiger partial charge in [0.2, 0.25) is 15.9 Å². The van der Waals surface area contributed by atoms with Gasteiger partial charge in [-0.1, -0.05) is 24.3 Å². The molecule has 1 fully saturated rings. The van der Waals surface area contributed by atoms with Crippen molar-refractivity contribution in [2.45, 2.75) is 70.4 Å². The van der Waals surface area contributed by atoms with Crippen LogP contribution in [0.15, 0.2) is 41.3 Å². The van der Waals surface area contributed by atoms with Gasteiger partial charge in [0.05, 0.1) is 10.9 Å². The summed E-state index contributed by atoms with van der Waals surface area (Å²) in [4.78, 5) is 12.7. The molecule has 0 saturated heterocycles. The summed E-state index contributed by atoms with van der Waals surface area (Å²) in [5.74, 6) is -0.0118. The number of rotatable bonds is 8. The number of hydrogen-bond donors (Lipinski definition) is 2. The summed E-state index contributed by atoms with van der Waals surface area (Å²) in [6.07, 6.45) is 2.75. The fourth-order valence-corrected chi connectivity index (χ4v) is 4.73. The molecule has 5 nitrogen and oxygen atoms in total. The molecular weight excluding hydrogens is 384 g/mol. The van der Waals surface area contributed by atoms with Crippen LogP contribution < -0.4 is 10.0 Å². The van der Waals surface area contributed by atoms with E-state index in [1.54, 1.807) is 24.3 Å². The highest BCUT2D eigenvalue weighted by Crippen LogP contribution is 2.23. The molecule has 3 rings (SSSR count). The molecule has 0 aromatic heterocycles. The van der Waals surface area contributed by atoms with E-state index in [1.807, 2.05) is 6.92 Å². The van der Waals surface area contributed by atoms with E-state index in [0.717, 1.165) is 24.0 Å². The highest BCUT2D eigenvalue weighted by atomic mass is 32.2. The van der Waals surface area contributed by atoms with Crippen LogP contribution in [0.5, 0.6) is 0 Å². The Bertz CT molecular complexity index is 994. The highest BCUT2D eigenvalue weighted by Gasteiger charge is 2.27. The third-order valence-electron chi connectivity index (χ3n) is 5.50. The van der Waals surface area contributed by atoms with E-state index in [4.69, 9.17) is 0 Å². The van der Waals surface area contributed by atoms with Crippen molar-refractivity contribution in [1.29, 1.82) is 0 Å². The number of aryl methyl sites for hydroxylation is 4. The fraction of sp³-hybridized carbons (Fsp3) is 0.435. The van der Waals surface area contributed by atoms with Crippen molar-refractivity contribution in [3.63, 3.8) is 0 Å². The van der Waals surface area contributed by atoms with E-state index in [2.05, 4.69) is 42.9 Å². The van der Waals surface area contributed by atoms with Crippen LogP contribution in [-0.4, -0.2) is 20.4 Å². The average Bonchev–Trinajstić information content (AvgIpc) is 3.46. The molecule has 1 atom stereocenters. The second-order valence-electron chi connectivity index (χ2n) is 8.12. The Morgan fingerprint density at radius 3 is 2.28 bits per heavy atom. The van der Waals surface area contributed by atoms with Crippen molar-refractivity contribution >= 4 is 15.9 Å². The second-order valence-corrected chi connectivity index (χ2v) is 9.84. The topological polar surface area (TPSA) is 75.3 Å². The summed E-state index contributed by atoms with van der Waals surface area (Å²) in [6.45, 7) is 8.24. The maximum atomic E-state index is 12.4. The Kier molecular flexibility index (Phi) is 6.44. The lowest BCUT2D eigenvalue weighted by Gasteiger charge is -2.18. The predicted molar refractivity (Wildman–Crippen MR) is 115 cm³/mol. The van der Waals surface area contributed by atoms with Gasteiger partial charge in [-0.15, -0.1) is 0 Å². The minimum Gasteiger partial charge on any atom is -0.350 e. The number of nitrogens with one attached hydrogen (secondary N) is 2. The van der Waals surface area contributed by atoms with Crippen molar-refractivity contribution in [3.8, 4) is 0 Å². The lowest BCUT2D eigenvalue weighted by atomic mass is 9.96. The van der Waals surface area contributed by atoms with E-state index in [0.29, 0.717) is 12.8 Å². The summed E-state index contributed by atoms with van der Waals surface area (Å²) in [7, 11) is -3.43. The SMILES string of the molecule is Cc1cc(C)c(C(C)NC(=O)CCc2ccc(S(=O)(=O)NC3CC3)cc2)cc1C. The monoisotopic (exact) mass is 414 g/mol. The molecule has 2 aromatic carbocycles. The molecule has 1 aliphatic carbocycles. The van der Waals surface area contributed by atoms with Gasteiger partial charge < -0.3 is 5.32 Å². The van der Waals surface area contributed by atoms with Crippen molar-refractivity contribution in [2.75, 3.05) is 0 Å².